The second-order valence-electron chi connectivity index (χ2n) is 6.70. The van der Waals surface area contributed by atoms with Crippen molar-refractivity contribution in [3.05, 3.63) is 65.5 Å². The number of hydrogen-bond donors (Lipinski definition) is 1. The van der Waals surface area contributed by atoms with Crippen molar-refractivity contribution in [3.63, 3.8) is 0 Å². The van der Waals surface area contributed by atoms with Gasteiger partial charge in [0.2, 0.25) is 0 Å². The van der Waals surface area contributed by atoms with E-state index < -0.39 is 5.60 Å². The van der Waals surface area contributed by atoms with Crippen molar-refractivity contribution in [2.75, 3.05) is 20.3 Å². The molecule has 0 radical (unpaired) electrons. The molecular formula is C21H26FNO3. The van der Waals surface area contributed by atoms with Gasteiger partial charge in [0.15, 0.2) is 6.61 Å². The monoisotopic (exact) mass is 359 g/mol. The number of ether oxygens (including phenoxy) is 2. The van der Waals surface area contributed by atoms with Gasteiger partial charge in [-0.1, -0.05) is 44.2 Å². The summed E-state index contributed by atoms with van der Waals surface area (Å²) >= 11 is 0. The molecule has 5 heteroatoms. The smallest absolute Gasteiger partial charge is 0.258 e. The first-order valence-corrected chi connectivity index (χ1v) is 8.65. The third-order valence-corrected chi connectivity index (χ3v) is 4.43. The minimum atomic E-state index is -0.958. The summed E-state index contributed by atoms with van der Waals surface area (Å²) in [6.45, 7) is 5.99. The largest absolute Gasteiger partial charge is 0.484 e. The summed E-state index contributed by atoms with van der Waals surface area (Å²) in [6.07, 6.45) is 0. The fraction of sp³-hybridized carbons (Fsp3) is 0.381. The molecule has 2 rings (SSSR count). The highest BCUT2D eigenvalue weighted by Crippen LogP contribution is 2.26. The highest BCUT2D eigenvalue weighted by atomic mass is 19.1. The fourth-order valence-electron chi connectivity index (χ4n) is 2.58. The minimum absolute atomic E-state index is 0.113. The van der Waals surface area contributed by atoms with Crippen molar-refractivity contribution in [2.24, 2.45) is 0 Å². The van der Waals surface area contributed by atoms with Crippen LogP contribution in [0.4, 0.5) is 4.39 Å². The lowest BCUT2D eigenvalue weighted by Crippen LogP contribution is -2.42. The van der Waals surface area contributed by atoms with Crippen LogP contribution in [0.25, 0.3) is 0 Å². The normalized spacial score (nSPS) is 13.3. The average Bonchev–Trinajstić information content (AvgIpc) is 2.65. The maximum atomic E-state index is 14.0. The lowest BCUT2D eigenvalue weighted by atomic mass is 9.95. The number of halogens is 1. The fourth-order valence-corrected chi connectivity index (χ4v) is 2.58. The summed E-state index contributed by atoms with van der Waals surface area (Å²) in [6, 6.07) is 14.0. The van der Waals surface area contributed by atoms with Crippen molar-refractivity contribution in [3.8, 4) is 5.75 Å². The predicted octanol–water partition coefficient (Wildman–Crippen LogP) is 4.01. The molecule has 1 N–H and O–H groups in total. The number of methoxy groups -OCH3 is 1. The quantitative estimate of drug-likeness (QED) is 0.775. The Labute approximate surface area is 154 Å². The Morgan fingerprint density at radius 2 is 1.81 bits per heavy atom. The number of carbonyl (C=O) groups is 1. The van der Waals surface area contributed by atoms with Gasteiger partial charge in [-0.05, 0) is 36.6 Å². The molecule has 1 amide bonds. The van der Waals surface area contributed by atoms with Crippen LogP contribution in [0.15, 0.2) is 48.5 Å². The van der Waals surface area contributed by atoms with Crippen LogP contribution < -0.4 is 10.1 Å². The van der Waals surface area contributed by atoms with Crippen LogP contribution in [0, 0.1) is 5.82 Å². The van der Waals surface area contributed by atoms with E-state index in [1.807, 2.05) is 24.3 Å². The Hall–Kier alpha value is -2.40. The van der Waals surface area contributed by atoms with Gasteiger partial charge in [0.25, 0.3) is 5.91 Å². The molecule has 4 nitrogen and oxygen atoms in total. The van der Waals surface area contributed by atoms with E-state index in [1.165, 1.54) is 18.7 Å². The van der Waals surface area contributed by atoms with Gasteiger partial charge in [-0.25, -0.2) is 4.39 Å². The summed E-state index contributed by atoms with van der Waals surface area (Å²) in [5, 5.41) is 2.74. The van der Waals surface area contributed by atoms with E-state index >= 15 is 0 Å². The van der Waals surface area contributed by atoms with E-state index in [4.69, 9.17) is 9.47 Å². The molecule has 2 aromatic rings. The third-order valence-electron chi connectivity index (χ3n) is 4.43. The van der Waals surface area contributed by atoms with E-state index in [2.05, 4.69) is 19.2 Å². The molecule has 1 unspecified atom stereocenters. The molecule has 2 aromatic carbocycles. The average molecular weight is 359 g/mol. The first kappa shape index (κ1) is 19.9. The predicted molar refractivity (Wildman–Crippen MR) is 99.8 cm³/mol. The summed E-state index contributed by atoms with van der Waals surface area (Å²) in [7, 11) is 1.49. The summed E-state index contributed by atoms with van der Waals surface area (Å²) in [4.78, 5) is 12.1. The number of amides is 1. The third kappa shape index (κ3) is 5.05. The molecule has 0 aliphatic carbocycles. The molecule has 0 spiro atoms. The van der Waals surface area contributed by atoms with Gasteiger partial charge >= 0.3 is 0 Å². The zero-order valence-electron chi connectivity index (χ0n) is 15.7. The molecule has 0 saturated heterocycles. The van der Waals surface area contributed by atoms with Crippen LogP contribution in [-0.2, 0) is 15.1 Å². The topological polar surface area (TPSA) is 47.6 Å². The highest BCUT2D eigenvalue weighted by Gasteiger charge is 2.29. The van der Waals surface area contributed by atoms with Gasteiger partial charge < -0.3 is 14.8 Å². The van der Waals surface area contributed by atoms with E-state index in [0.29, 0.717) is 17.2 Å². The maximum absolute atomic E-state index is 14.0. The van der Waals surface area contributed by atoms with Gasteiger partial charge in [0.1, 0.15) is 17.2 Å². The summed E-state index contributed by atoms with van der Waals surface area (Å²) in [5.74, 6) is 0.413. The molecule has 0 fully saturated rings. The van der Waals surface area contributed by atoms with Crippen LogP contribution in [0.2, 0.25) is 0 Å². The van der Waals surface area contributed by atoms with Crippen molar-refractivity contribution in [1.29, 1.82) is 0 Å². The van der Waals surface area contributed by atoms with E-state index in [9.17, 15) is 9.18 Å². The molecule has 0 aliphatic rings. The molecule has 0 heterocycles. The number of rotatable bonds is 8. The summed E-state index contributed by atoms with van der Waals surface area (Å²) < 4.78 is 25.0. The standard InChI is InChI=1S/C21H26FNO3/c1-15(2)16-9-11-17(12-10-16)26-13-20(24)23-14-21(3,25-4)18-7-5-6-8-19(18)22/h5-12,15H,13-14H2,1-4H3,(H,23,24). The number of carbonyl (C=O) groups excluding carboxylic acids is 1. The van der Waals surface area contributed by atoms with Crippen LogP contribution in [-0.4, -0.2) is 26.2 Å². The molecule has 1 atom stereocenters. The van der Waals surface area contributed by atoms with E-state index in [0.717, 1.165) is 0 Å². The van der Waals surface area contributed by atoms with Crippen LogP contribution >= 0.6 is 0 Å². The Kier molecular flexibility index (Phi) is 6.75. The van der Waals surface area contributed by atoms with Crippen molar-refractivity contribution < 1.29 is 18.7 Å². The molecule has 0 aliphatic heterocycles. The Bertz CT molecular complexity index is 730. The number of benzene rings is 2. The number of nitrogens with one attached hydrogen (secondary N) is 1. The van der Waals surface area contributed by atoms with Crippen LogP contribution in [0.3, 0.4) is 0 Å². The van der Waals surface area contributed by atoms with E-state index in [1.54, 1.807) is 25.1 Å². The lowest BCUT2D eigenvalue weighted by Gasteiger charge is -2.29. The number of hydrogen-bond acceptors (Lipinski definition) is 3. The first-order valence-electron chi connectivity index (χ1n) is 8.65. The van der Waals surface area contributed by atoms with Crippen molar-refractivity contribution >= 4 is 5.91 Å². The van der Waals surface area contributed by atoms with Crippen molar-refractivity contribution in [2.45, 2.75) is 32.3 Å². The lowest BCUT2D eigenvalue weighted by molar-refractivity contribution is -0.124. The zero-order chi connectivity index (χ0) is 19.2. The molecule has 26 heavy (non-hydrogen) atoms. The Balaban J connectivity index is 1.90. The second-order valence-corrected chi connectivity index (χ2v) is 6.70. The van der Waals surface area contributed by atoms with Gasteiger partial charge in [-0.2, -0.15) is 0 Å². The van der Waals surface area contributed by atoms with Crippen LogP contribution in [0.5, 0.6) is 5.75 Å². The first-order chi connectivity index (χ1) is 12.4. The molecule has 140 valence electrons. The molecule has 0 aromatic heterocycles. The SMILES string of the molecule is COC(C)(CNC(=O)COc1ccc(C(C)C)cc1)c1ccccc1F. The van der Waals surface area contributed by atoms with Gasteiger partial charge in [-0.15, -0.1) is 0 Å². The maximum Gasteiger partial charge on any atom is 0.258 e. The molecule has 0 saturated carbocycles. The zero-order valence-corrected chi connectivity index (χ0v) is 15.7. The Morgan fingerprint density at radius 3 is 2.38 bits per heavy atom. The van der Waals surface area contributed by atoms with Gasteiger partial charge in [0, 0.05) is 12.7 Å². The van der Waals surface area contributed by atoms with Gasteiger partial charge in [0.05, 0.1) is 6.54 Å². The van der Waals surface area contributed by atoms with Crippen LogP contribution in [0.1, 0.15) is 37.8 Å². The Morgan fingerprint density at radius 1 is 1.15 bits per heavy atom. The molecular weight excluding hydrogens is 333 g/mol. The minimum Gasteiger partial charge on any atom is -0.484 e. The van der Waals surface area contributed by atoms with Crippen molar-refractivity contribution in [1.82, 2.24) is 5.32 Å². The van der Waals surface area contributed by atoms with E-state index in [-0.39, 0.29) is 24.9 Å². The second kappa shape index (κ2) is 8.81. The summed E-state index contributed by atoms with van der Waals surface area (Å²) in [5.41, 5.74) is 0.649. The molecule has 0 bridgehead atoms. The van der Waals surface area contributed by atoms with Gasteiger partial charge in [-0.3, -0.25) is 4.79 Å². The highest BCUT2D eigenvalue weighted by molar-refractivity contribution is 5.77.